The average Bonchev–Trinajstić information content (AvgIpc) is 2.72. The molecule has 0 spiro atoms. The number of hydrogen-bond donors (Lipinski definition) is 4. The summed E-state index contributed by atoms with van der Waals surface area (Å²) in [6.07, 6.45) is 1.95. The van der Waals surface area contributed by atoms with E-state index >= 15 is 0 Å². The van der Waals surface area contributed by atoms with E-state index in [1.54, 1.807) is 0 Å². The van der Waals surface area contributed by atoms with Crippen molar-refractivity contribution >= 4 is 11.9 Å². The minimum Gasteiger partial charge on any atom is -0.368 e. The topological polar surface area (TPSA) is 95.4 Å². The first-order valence-corrected chi connectivity index (χ1v) is 4.30. The van der Waals surface area contributed by atoms with Crippen molar-refractivity contribution in [3.8, 4) is 0 Å². The van der Waals surface area contributed by atoms with Gasteiger partial charge >= 0.3 is 0 Å². The summed E-state index contributed by atoms with van der Waals surface area (Å²) in [6, 6.07) is 2.06. The number of nitrogens with zero attached hydrogens (tertiary/aromatic N) is 2. The molecule has 0 bridgehead atoms. The lowest BCUT2D eigenvalue weighted by Crippen LogP contribution is -1.99. The maximum Gasteiger partial charge on any atom is 0.223 e. The van der Waals surface area contributed by atoms with Crippen LogP contribution in [0.25, 0.3) is 0 Å². The minimum atomic E-state index is 0.317. The van der Waals surface area contributed by atoms with Crippen molar-refractivity contribution in [1.82, 2.24) is 20.2 Å². The van der Waals surface area contributed by atoms with E-state index < -0.39 is 0 Å². The van der Waals surface area contributed by atoms with Gasteiger partial charge in [-0.2, -0.15) is 0 Å². The normalized spacial score (nSPS) is 10.4. The first kappa shape index (κ1) is 8.61. The van der Waals surface area contributed by atoms with Gasteiger partial charge in [0.15, 0.2) is 0 Å². The third kappa shape index (κ3) is 1.85. The second-order valence-corrected chi connectivity index (χ2v) is 3.10. The molecule has 2 rings (SSSR count). The molecule has 74 valence electrons. The smallest absolute Gasteiger partial charge is 0.223 e. The predicted octanol–water partition coefficient (Wildman–Crippen LogP) is 0.636. The van der Waals surface area contributed by atoms with Gasteiger partial charge in [-0.1, -0.05) is 0 Å². The van der Waals surface area contributed by atoms with E-state index in [9.17, 15) is 0 Å². The Labute approximate surface area is 80.9 Å². The molecule has 14 heavy (non-hydrogen) atoms. The Morgan fingerprint density at radius 1 is 1.50 bits per heavy atom. The molecule has 0 saturated carbocycles. The highest BCUT2D eigenvalue weighted by atomic mass is 15.3. The quantitative estimate of drug-likeness (QED) is 0.573. The van der Waals surface area contributed by atoms with E-state index in [-0.39, 0.29) is 0 Å². The molecule has 2 aromatic rings. The van der Waals surface area contributed by atoms with Crippen LogP contribution in [0.5, 0.6) is 0 Å². The molecule has 0 aromatic carbocycles. The SMILES string of the molecule is Cc1cc(CNc2nnc(N)[nH]2)c[nH]1. The highest BCUT2D eigenvalue weighted by Gasteiger charge is 1.99. The zero-order chi connectivity index (χ0) is 9.97. The van der Waals surface area contributed by atoms with Gasteiger partial charge in [0.2, 0.25) is 11.9 Å². The van der Waals surface area contributed by atoms with Crippen LogP contribution < -0.4 is 11.1 Å². The van der Waals surface area contributed by atoms with E-state index in [1.807, 2.05) is 13.1 Å². The molecule has 0 atom stereocenters. The average molecular weight is 192 g/mol. The van der Waals surface area contributed by atoms with Crippen LogP contribution in [0.1, 0.15) is 11.3 Å². The molecule has 0 fully saturated rings. The van der Waals surface area contributed by atoms with Crippen molar-refractivity contribution in [2.75, 3.05) is 11.1 Å². The summed E-state index contributed by atoms with van der Waals surface area (Å²) in [6.45, 7) is 2.70. The Morgan fingerprint density at radius 2 is 2.36 bits per heavy atom. The third-order valence-electron chi connectivity index (χ3n) is 1.85. The molecule has 0 aliphatic carbocycles. The fraction of sp³-hybridized carbons (Fsp3) is 0.250. The van der Waals surface area contributed by atoms with E-state index in [0.717, 1.165) is 11.3 Å². The summed E-state index contributed by atoms with van der Waals surface area (Å²) in [7, 11) is 0. The maximum atomic E-state index is 5.38. The Balaban J connectivity index is 1.94. The molecule has 0 amide bonds. The van der Waals surface area contributed by atoms with Gasteiger partial charge in [0.05, 0.1) is 0 Å². The van der Waals surface area contributed by atoms with Gasteiger partial charge in [-0.05, 0) is 18.6 Å². The summed E-state index contributed by atoms with van der Waals surface area (Å²) < 4.78 is 0. The Hall–Kier alpha value is -1.98. The fourth-order valence-electron chi connectivity index (χ4n) is 1.21. The highest BCUT2D eigenvalue weighted by Crippen LogP contribution is 2.05. The number of aryl methyl sites for hydroxylation is 1. The molecule has 0 aliphatic rings. The van der Waals surface area contributed by atoms with Crippen LogP contribution >= 0.6 is 0 Å². The summed E-state index contributed by atoms with van der Waals surface area (Å²) >= 11 is 0. The van der Waals surface area contributed by atoms with Gasteiger partial charge < -0.3 is 16.0 Å². The van der Waals surface area contributed by atoms with Crippen LogP contribution in [0, 0.1) is 6.92 Å². The summed E-state index contributed by atoms with van der Waals surface area (Å²) in [5, 5.41) is 10.5. The number of aromatic nitrogens is 4. The Kier molecular flexibility index (Phi) is 2.10. The Morgan fingerprint density at radius 3 is 2.93 bits per heavy atom. The molecular formula is C8H12N6. The zero-order valence-electron chi connectivity index (χ0n) is 7.83. The summed E-state index contributed by atoms with van der Waals surface area (Å²) in [5.74, 6) is 0.902. The standard InChI is InChI=1S/C8H12N6/c1-5-2-6(3-10-5)4-11-8-12-7(9)13-14-8/h2-3,10H,4H2,1H3,(H4,9,11,12,13,14). The van der Waals surface area contributed by atoms with Gasteiger partial charge in [0, 0.05) is 18.4 Å². The highest BCUT2D eigenvalue weighted by molar-refractivity contribution is 5.31. The minimum absolute atomic E-state index is 0.317. The van der Waals surface area contributed by atoms with E-state index in [1.165, 1.54) is 0 Å². The molecule has 5 N–H and O–H groups in total. The van der Waals surface area contributed by atoms with E-state index in [4.69, 9.17) is 5.73 Å². The molecule has 0 aliphatic heterocycles. The van der Waals surface area contributed by atoms with E-state index in [0.29, 0.717) is 18.4 Å². The molecule has 2 heterocycles. The van der Waals surface area contributed by atoms with E-state index in [2.05, 4.69) is 31.5 Å². The van der Waals surface area contributed by atoms with Crippen LogP contribution in [0.2, 0.25) is 0 Å². The fourth-order valence-corrected chi connectivity index (χ4v) is 1.21. The number of aromatic amines is 2. The summed E-state index contributed by atoms with van der Waals surface area (Å²) in [5.41, 5.74) is 7.68. The first-order chi connectivity index (χ1) is 6.74. The molecule has 6 heteroatoms. The number of nitrogen functional groups attached to an aromatic ring is 1. The maximum absolute atomic E-state index is 5.38. The molecule has 2 aromatic heterocycles. The van der Waals surface area contributed by atoms with Gasteiger partial charge in [-0.25, -0.2) is 0 Å². The second kappa shape index (κ2) is 3.41. The third-order valence-corrected chi connectivity index (χ3v) is 1.85. The second-order valence-electron chi connectivity index (χ2n) is 3.10. The lowest BCUT2D eigenvalue weighted by molar-refractivity contribution is 1.05. The van der Waals surface area contributed by atoms with Gasteiger partial charge in [0.25, 0.3) is 0 Å². The van der Waals surface area contributed by atoms with Crippen molar-refractivity contribution in [3.63, 3.8) is 0 Å². The molecular weight excluding hydrogens is 180 g/mol. The van der Waals surface area contributed by atoms with Crippen LogP contribution in [0.15, 0.2) is 12.3 Å². The molecule has 6 nitrogen and oxygen atoms in total. The Bertz CT molecular complexity index is 375. The number of nitrogens with one attached hydrogen (secondary N) is 3. The number of anilines is 2. The van der Waals surface area contributed by atoms with Crippen LogP contribution in [0.4, 0.5) is 11.9 Å². The van der Waals surface area contributed by atoms with Crippen molar-refractivity contribution < 1.29 is 0 Å². The van der Waals surface area contributed by atoms with Crippen LogP contribution in [-0.4, -0.2) is 20.2 Å². The zero-order valence-corrected chi connectivity index (χ0v) is 7.83. The first-order valence-electron chi connectivity index (χ1n) is 4.30. The number of rotatable bonds is 3. The van der Waals surface area contributed by atoms with Crippen molar-refractivity contribution in [1.29, 1.82) is 0 Å². The van der Waals surface area contributed by atoms with Gasteiger partial charge in [-0.3, -0.25) is 4.98 Å². The van der Waals surface area contributed by atoms with Crippen molar-refractivity contribution in [2.24, 2.45) is 0 Å². The monoisotopic (exact) mass is 192 g/mol. The van der Waals surface area contributed by atoms with Crippen molar-refractivity contribution in [2.45, 2.75) is 13.5 Å². The lowest BCUT2D eigenvalue weighted by atomic mass is 10.3. The van der Waals surface area contributed by atoms with Gasteiger partial charge in [-0.15, -0.1) is 10.2 Å². The lowest BCUT2D eigenvalue weighted by Gasteiger charge is -1.97. The number of H-pyrrole nitrogens is 2. The predicted molar refractivity (Wildman–Crippen MR) is 53.7 cm³/mol. The largest absolute Gasteiger partial charge is 0.368 e. The molecule has 0 saturated heterocycles. The summed E-state index contributed by atoms with van der Waals surface area (Å²) in [4.78, 5) is 5.89. The molecule has 0 radical (unpaired) electrons. The number of hydrogen-bond acceptors (Lipinski definition) is 4. The van der Waals surface area contributed by atoms with Crippen molar-refractivity contribution in [3.05, 3.63) is 23.5 Å². The van der Waals surface area contributed by atoms with Crippen LogP contribution in [-0.2, 0) is 6.54 Å². The van der Waals surface area contributed by atoms with Gasteiger partial charge in [0.1, 0.15) is 0 Å². The molecule has 0 unspecified atom stereocenters. The number of nitrogens with two attached hydrogens (primary N) is 1. The van der Waals surface area contributed by atoms with Crippen LogP contribution in [0.3, 0.4) is 0 Å².